The molecule has 0 saturated carbocycles. The first kappa shape index (κ1) is 27.6. The zero-order valence-electron chi connectivity index (χ0n) is 18.5. The maximum atomic E-state index is 11.7. The van der Waals surface area contributed by atoms with Crippen molar-refractivity contribution in [3.8, 4) is 0 Å². The fourth-order valence-electron chi connectivity index (χ4n) is 2.28. The van der Waals surface area contributed by atoms with Crippen molar-refractivity contribution < 1.29 is 37.0 Å². The summed E-state index contributed by atoms with van der Waals surface area (Å²) in [5.74, 6) is 0.0316. The van der Waals surface area contributed by atoms with Gasteiger partial charge in [0.1, 0.15) is 0 Å². The number of sulfone groups is 1. The molecule has 0 spiro atoms. The molecule has 2 aromatic rings. The van der Waals surface area contributed by atoms with Crippen LogP contribution in [0, 0.1) is 0 Å². The highest BCUT2D eigenvalue weighted by Gasteiger charge is 2.15. The van der Waals surface area contributed by atoms with Crippen LogP contribution in [-0.2, 0) is 28.8 Å². The van der Waals surface area contributed by atoms with E-state index in [0.29, 0.717) is 11.1 Å². The van der Waals surface area contributed by atoms with Crippen LogP contribution in [-0.4, -0.2) is 73.5 Å². The first-order valence-corrected chi connectivity index (χ1v) is 12.1. The van der Waals surface area contributed by atoms with E-state index in [-0.39, 0.29) is 23.2 Å². The van der Waals surface area contributed by atoms with Crippen molar-refractivity contribution in [2.45, 2.75) is 9.79 Å². The Bertz CT molecular complexity index is 939. The lowest BCUT2D eigenvalue weighted by molar-refractivity contribution is 0.0592. The minimum Gasteiger partial charge on any atom is -0.465 e. The van der Waals surface area contributed by atoms with Crippen LogP contribution in [0.2, 0.25) is 0 Å². The highest BCUT2D eigenvalue weighted by molar-refractivity contribution is 7.99. The van der Waals surface area contributed by atoms with Gasteiger partial charge in [0.15, 0.2) is 9.84 Å². The number of carbonyl (C=O) groups is 2. The average molecular weight is 485 g/mol. The number of methoxy groups -OCH3 is 4. The number of ether oxygens (including phenoxy) is 4. The van der Waals surface area contributed by atoms with Gasteiger partial charge in [-0.25, -0.2) is 18.0 Å². The summed E-state index contributed by atoms with van der Waals surface area (Å²) in [5, 5.41) is 0. The van der Waals surface area contributed by atoms with E-state index in [9.17, 15) is 18.0 Å². The van der Waals surface area contributed by atoms with Crippen LogP contribution in [0.15, 0.2) is 58.3 Å². The first-order valence-electron chi connectivity index (χ1n) is 9.49. The smallest absolute Gasteiger partial charge is 0.337 e. The largest absolute Gasteiger partial charge is 0.465 e. The van der Waals surface area contributed by atoms with Gasteiger partial charge in [0.25, 0.3) is 0 Å². The second-order valence-electron chi connectivity index (χ2n) is 6.18. The molecule has 0 unspecified atom stereocenters. The van der Waals surface area contributed by atoms with Gasteiger partial charge in [-0.2, -0.15) is 0 Å². The molecule has 0 atom stereocenters. The third-order valence-electron chi connectivity index (χ3n) is 4.02. The molecule has 0 amide bonds. The highest BCUT2D eigenvalue weighted by atomic mass is 32.2. The summed E-state index contributed by atoms with van der Waals surface area (Å²) >= 11 is 1.70. The number of rotatable bonds is 10. The topological polar surface area (TPSA) is 105 Å². The van der Waals surface area contributed by atoms with E-state index in [1.165, 1.54) is 45.6 Å². The van der Waals surface area contributed by atoms with Gasteiger partial charge in [-0.15, -0.1) is 11.8 Å². The van der Waals surface area contributed by atoms with E-state index in [1.54, 1.807) is 31.0 Å². The van der Waals surface area contributed by atoms with Crippen molar-refractivity contribution in [3.63, 3.8) is 0 Å². The lowest BCUT2D eigenvalue weighted by Gasteiger charge is -2.04. The number of hydrogen-bond donors (Lipinski definition) is 0. The molecule has 176 valence electrons. The summed E-state index contributed by atoms with van der Waals surface area (Å²) in [6.07, 6.45) is 0. The number of hydrogen-bond acceptors (Lipinski definition) is 9. The number of esters is 2. The van der Waals surface area contributed by atoms with Gasteiger partial charge in [-0.1, -0.05) is 0 Å². The molecule has 8 nitrogen and oxygen atoms in total. The molecule has 0 aliphatic heterocycles. The SMILES string of the molecule is COCCS(=O)(=O)c1ccc(C(=O)OC)cc1.COCCSc1ccc(C(=O)OC)cc1. The molecule has 0 aliphatic rings. The standard InChI is InChI=1S/C11H14O5S.C11H14O3S/c1-15-7-8-17(13,14)10-5-3-9(4-6-10)11(12)16-2;1-13-7-8-15-10-5-3-9(4-6-10)11(12)14-2/h3-6H,7-8H2,1-2H3;3-6H,7-8H2,1-2H3. The molecule has 0 aromatic heterocycles. The summed E-state index contributed by atoms with van der Waals surface area (Å²) in [6, 6.07) is 13.0. The molecule has 0 aliphatic carbocycles. The Morgan fingerprint density at radius 3 is 1.66 bits per heavy atom. The van der Waals surface area contributed by atoms with Gasteiger partial charge in [0.05, 0.1) is 49.2 Å². The maximum Gasteiger partial charge on any atom is 0.337 e. The van der Waals surface area contributed by atoms with E-state index < -0.39 is 15.8 Å². The van der Waals surface area contributed by atoms with E-state index in [0.717, 1.165) is 17.3 Å². The number of carbonyl (C=O) groups excluding carboxylic acids is 2. The third-order valence-corrected chi connectivity index (χ3v) is 6.69. The summed E-state index contributed by atoms with van der Waals surface area (Å²) in [5.41, 5.74) is 0.895. The van der Waals surface area contributed by atoms with Crippen molar-refractivity contribution in [2.24, 2.45) is 0 Å². The summed E-state index contributed by atoms with van der Waals surface area (Å²) in [7, 11) is 2.42. The number of benzene rings is 2. The molecular weight excluding hydrogens is 456 g/mol. The van der Waals surface area contributed by atoms with Crippen LogP contribution < -0.4 is 0 Å². The van der Waals surface area contributed by atoms with Gasteiger partial charge in [-0.3, -0.25) is 0 Å². The molecule has 0 heterocycles. The molecule has 0 radical (unpaired) electrons. The molecule has 10 heteroatoms. The fraction of sp³-hybridized carbons (Fsp3) is 0.364. The molecule has 0 saturated heterocycles. The van der Waals surface area contributed by atoms with E-state index in [4.69, 9.17) is 9.47 Å². The summed E-state index contributed by atoms with van der Waals surface area (Å²) < 4.78 is 42.3. The van der Waals surface area contributed by atoms with E-state index in [2.05, 4.69) is 9.47 Å². The Balaban J connectivity index is 0.000000323. The monoisotopic (exact) mass is 484 g/mol. The van der Waals surface area contributed by atoms with Gasteiger partial charge in [0.2, 0.25) is 0 Å². The minimum atomic E-state index is -3.35. The second-order valence-corrected chi connectivity index (χ2v) is 9.46. The van der Waals surface area contributed by atoms with Crippen LogP contribution in [0.3, 0.4) is 0 Å². The van der Waals surface area contributed by atoms with Crippen LogP contribution in [0.25, 0.3) is 0 Å². The average Bonchev–Trinajstić information content (AvgIpc) is 2.83. The third kappa shape index (κ3) is 9.39. The van der Waals surface area contributed by atoms with E-state index in [1.807, 2.05) is 12.1 Å². The van der Waals surface area contributed by atoms with Gasteiger partial charge in [0, 0.05) is 24.9 Å². The molecule has 0 N–H and O–H groups in total. The Morgan fingerprint density at radius 2 is 1.22 bits per heavy atom. The normalized spacial score (nSPS) is 10.6. The molecule has 2 rings (SSSR count). The van der Waals surface area contributed by atoms with Crippen molar-refractivity contribution in [3.05, 3.63) is 59.7 Å². The van der Waals surface area contributed by atoms with Gasteiger partial charge < -0.3 is 18.9 Å². The maximum absolute atomic E-state index is 11.7. The Hall–Kier alpha value is -2.40. The zero-order chi connectivity index (χ0) is 24.0. The molecule has 32 heavy (non-hydrogen) atoms. The molecule has 2 aromatic carbocycles. The predicted octanol–water partition coefficient (Wildman–Crippen LogP) is 3.11. The molecule has 0 bridgehead atoms. The second kappa shape index (κ2) is 14.6. The first-order chi connectivity index (χ1) is 15.3. The van der Waals surface area contributed by atoms with Crippen LogP contribution in [0.1, 0.15) is 20.7 Å². The van der Waals surface area contributed by atoms with Crippen molar-refractivity contribution >= 4 is 33.5 Å². The lowest BCUT2D eigenvalue weighted by Crippen LogP contribution is -2.11. The lowest BCUT2D eigenvalue weighted by atomic mass is 10.2. The quantitative estimate of drug-likeness (QED) is 0.286. The summed E-state index contributed by atoms with van der Waals surface area (Å²) in [6.45, 7) is 0.866. The Kier molecular flexibility index (Phi) is 12.6. The van der Waals surface area contributed by atoms with Gasteiger partial charge >= 0.3 is 11.9 Å². The molecule has 0 fully saturated rings. The van der Waals surface area contributed by atoms with Crippen LogP contribution in [0.5, 0.6) is 0 Å². The fourth-order valence-corrected chi connectivity index (χ4v) is 4.26. The van der Waals surface area contributed by atoms with Crippen molar-refractivity contribution in [2.75, 3.05) is 53.2 Å². The zero-order valence-corrected chi connectivity index (χ0v) is 20.2. The Morgan fingerprint density at radius 1 is 0.750 bits per heavy atom. The number of thioether (sulfide) groups is 1. The minimum absolute atomic E-state index is 0.0823. The van der Waals surface area contributed by atoms with Gasteiger partial charge in [-0.05, 0) is 48.5 Å². The van der Waals surface area contributed by atoms with Crippen LogP contribution in [0.4, 0.5) is 0 Å². The summed E-state index contributed by atoms with van der Waals surface area (Å²) in [4.78, 5) is 23.6. The molecular formula is C22H28O8S2. The van der Waals surface area contributed by atoms with Crippen molar-refractivity contribution in [1.29, 1.82) is 0 Å². The van der Waals surface area contributed by atoms with Crippen molar-refractivity contribution in [1.82, 2.24) is 0 Å². The predicted molar refractivity (Wildman–Crippen MR) is 122 cm³/mol. The highest BCUT2D eigenvalue weighted by Crippen LogP contribution is 2.18. The Labute approximate surface area is 193 Å². The van der Waals surface area contributed by atoms with E-state index >= 15 is 0 Å². The van der Waals surface area contributed by atoms with Crippen LogP contribution >= 0.6 is 11.8 Å².